The van der Waals surface area contributed by atoms with Gasteiger partial charge < -0.3 is 9.84 Å². The van der Waals surface area contributed by atoms with Gasteiger partial charge in [0.1, 0.15) is 0 Å². The minimum atomic E-state index is -0.837. The van der Waals surface area contributed by atoms with Gasteiger partial charge in [0.05, 0.1) is 25.3 Å². The van der Waals surface area contributed by atoms with Crippen LogP contribution in [0.2, 0.25) is 0 Å². The quantitative estimate of drug-likeness (QED) is 0.710. The van der Waals surface area contributed by atoms with Gasteiger partial charge >= 0.3 is 5.97 Å². The maximum atomic E-state index is 10.9. The minimum Gasteiger partial charge on any atom is -0.469 e. The summed E-state index contributed by atoms with van der Waals surface area (Å²) in [5.41, 5.74) is 1.39. The molecule has 1 aromatic rings. The summed E-state index contributed by atoms with van der Waals surface area (Å²) >= 11 is 0. The first-order valence-electron chi connectivity index (χ1n) is 4.29. The van der Waals surface area contributed by atoms with E-state index in [1.54, 1.807) is 24.9 Å². The van der Waals surface area contributed by atoms with Crippen LogP contribution in [-0.2, 0) is 16.6 Å². The summed E-state index contributed by atoms with van der Waals surface area (Å²) in [7, 11) is 3.06. The number of ether oxygens (including phenoxy) is 1. The molecule has 0 fully saturated rings. The lowest BCUT2D eigenvalue weighted by molar-refractivity contribution is -0.142. The van der Waals surface area contributed by atoms with E-state index in [0.29, 0.717) is 5.56 Å². The van der Waals surface area contributed by atoms with E-state index < -0.39 is 12.1 Å². The zero-order valence-corrected chi connectivity index (χ0v) is 8.52. The van der Waals surface area contributed by atoms with E-state index in [1.807, 2.05) is 0 Å². The number of hydrogen-bond acceptors (Lipinski definition) is 4. The standard InChI is InChI=1S/C9H14N2O3/c1-6-7(5-11(2)10-6)8(12)4-9(13)14-3/h5,8,12H,4H2,1-3H3. The van der Waals surface area contributed by atoms with Crippen molar-refractivity contribution in [2.24, 2.45) is 7.05 Å². The average Bonchev–Trinajstić information content (AvgIpc) is 2.45. The molecule has 0 aromatic carbocycles. The highest BCUT2D eigenvalue weighted by Gasteiger charge is 2.17. The minimum absolute atomic E-state index is 0.0387. The highest BCUT2D eigenvalue weighted by Crippen LogP contribution is 2.19. The lowest BCUT2D eigenvalue weighted by Crippen LogP contribution is -2.08. The smallest absolute Gasteiger partial charge is 0.308 e. The van der Waals surface area contributed by atoms with Crippen LogP contribution in [-0.4, -0.2) is 28.0 Å². The Labute approximate surface area is 82.3 Å². The highest BCUT2D eigenvalue weighted by molar-refractivity contribution is 5.70. The Hall–Kier alpha value is -1.36. The monoisotopic (exact) mass is 198 g/mol. The Balaban J connectivity index is 2.73. The fourth-order valence-electron chi connectivity index (χ4n) is 1.30. The van der Waals surface area contributed by atoms with Gasteiger partial charge in [-0.1, -0.05) is 0 Å². The molecule has 1 heterocycles. The molecule has 5 nitrogen and oxygen atoms in total. The second-order valence-corrected chi connectivity index (χ2v) is 3.14. The molecule has 1 rings (SSSR count). The van der Waals surface area contributed by atoms with Crippen molar-refractivity contribution in [3.63, 3.8) is 0 Å². The number of aryl methyl sites for hydroxylation is 2. The summed E-state index contributed by atoms with van der Waals surface area (Å²) in [4.78, 5) is 10.9. The largest absolute Gasteiger partial charge is 0.469 e. The summed E-state index contributed by atoms with van der Waals surface area (Å²) < 4.78 is 6.07. The number of methoxy groups -OCH3 is 1. The zero-order valence-electron chi connectivity index (χ0n) is 8.52. The Morgan fingerprint density at radius 1 is 1.79 bits per heavy atom. The van der Waals surface area contributed by atoms with Gasteiger partial charge in [0, 0.05) is 18.8 Å². The fourth-order valence-corrected chi connectivity index (χ4v) is 1.30. The van der Waals surface area contributed by atoms with Crippen LogP contribution in [0.4, 0.5) is 0 Å². The van der Waals surface area contributed by atoms with Gasteiger partial charge in [-0.15, -0.1) is 0 Å². The molecule has 0 saturated heterocycles. The van der Waals surface area contributed by atoms with Crippen molar-refractivity contribution in [2.45, 2.75) is 19.4 Å². The molecule has 1 unspecified atom stereocenters. The van der Waals surface area contributed by atoms with Crippen LogP contribution in [0.25, 0.3) is 0 Å². The fraction of sp³-hybridized carbons (Fsp3) is 0.556. The number of carbonyl (C=O) groups is 1. The van der Waals surface area contributed by atoms with Crippen molar-refractivity contribution >= 4 is 5.97 Å². The first-order chi connectivity index (χ1) is 6.54. The number of carbonyl (C=O) groups excluding carboxylic acids is 1. The summed E-state index contributed by atoms with van der Waals surface area (Å²) in [5.74, 6) is -0.430. The maximum absolute atomic E-state index is 10.9. The number of aliphatic hydroxyl groups is 1. The number of aromatic nitrogens is 2. The molecule has 0 bridgehead atoms. The molecule has 1 N–H and O–H groups in total. The molecule has 1 aromatic heterocycles. The zero-order chi connectivity index (χ0) is 10.7. The van der Waals surface area contributed by atoms with Crippen molar-refractivity contribution in [3.8, 4) is 0 Å². The molecule has 0 amide bonds. The van der Waals surface area contributed by atoms with Gasteiger partial charge in [0.15, 0.2) is 0 Å². The molecule has 0 spiro atoms. The second-order valence-electron chi connectivity index (χ2n) is 3.14. The summed E-state index contributed by atoms with van der Waals surface area (Å²) in [6.07, 6.45) is 0.822. The predicted molar refractivity (Wildman–Crippen MR) is 49.5 cm³/mol. The number of hydrogen-bond donors (Lipinski definition) is 1. The molecule has 0 radical (unpaired) electrons. The second kappa shape index (κ2) is 4.23. The molecule has 0 aliphatic carbocycles. The van der Waals surface area contributed by atoms with Crippen LogP contribution < -0.4 is 0 Å². The Morgan fingerprint density at radius 3 is 2.86 bits per heavy atom. The van der Waals surface area contributed by atoms with Crippen LogP contribution in [0.1, 0.15) is 23.8 Å². The van der Waals surface area contributed by atoms with E-state index in [2.05, 4.69) is 9.84 Å². The Bertz CT molecular complexity index is 333. The summed E-state index contributed by atoms with van der Waals surface area (Å²) in [5, 5.41) is 13.7. The van der Waals surface area contributed by atoms with Gasteiger partial charge in [0.2, 0.25) is 0 Å². The van der Waals surface area contributed by atoms with Gasteiger partial charge in [0.25, 0.3) is 0 Å². The first kappa shape index (κ1) is 10.7. The van der Waals surface area contributed by atoms with Gasteiger partial charge in [-0.3, -0.25) is 9.48 Å². The maximum Gasteiger partial charge on any atom is 0.308 e. The van der Waals surface area contributed by atoms with E-state index in [4.69, 9.17) is 0 Å². The number of esters is 1. The lowest BCUT2D eigenvalue weighted by atomic mass is 10.1. The SMILES string of the molecule is COC(=O)CC(O)c1cn(C)nc1C. The predicted octanol–water partition coefficient (Wildman–Crippen LogP) is 0.325. The van der Waals surface area contributed by atoms with Crippen LogP contribution in [0, 0.1) is 6.92 Å². The highest BCUT2D eigenvalue weighted by atomic mass is 16.5. The van der Waals surface area contributed by atoms with Crippen molar-refractivity contribution in [3.05, 3.63) is 17.5 Å². The molecule has 0 aliphatic rings. The first-order valence-corrected chi connectivity index (χ1v) is 4.29. The van der Waals surface area contributed by atoms with Gasteiger partial charge in [-0.2, -0.15) is 5.10 Å². The van der Waals surface area contributed by atoms with E-state index in [-0.39, 0.29) is 6.42 Å². The van der Waals surface area contributed by atoms with E-state index in [0.717, 1.165) is 5.69 Å². The molecule has 1 atom stereocenters. The normalized spacial score (nSPS) is 12.6. The summed E-state index contributed by atoms with van der Waals surface area (Å²) in [6.45, 7) is 1.79. The Kier molecular flexibility index (Phi) is 3.24. The molecule has 14 heavy (non-hydrogen) atoms. The van der Waals surface area contributed by atoms with Gasteiger partial charge in [-0.05, 0) is 6.92 Å². The molecule has 78 valence electrons. The van der Waals surface area contributed by atoms with E-state index >= 15 is 0 Å². The van der Waals surface area contributed by atoms with Gasteiger partial charge in [-0.25, -0.2) is 0 Å². The average molecular weight is 198 g/mol. The third-order valence-corrected chi connectivity index (χ3v) is 2.00. The van der Waals surface area contributed by atoms with E-state index in [1.165, 1.54) is 7.11 Å². The van der Waals surface area contributed by atoms with Crippen LogP contribution in [0.15, 0.2) is 6.20 Å². The third kappa shape index (κ3) is 2.32. The summed E-state index contributed by atoms with van der Waals surface area (Å²) in [6, 6.07) is 0. The van der Waals surface area contributed by atoms with E-state index in [9.17, 15) is 9.90 Å². The third-order valence-electron chi connectivity index (χ3n) is 2.00. The van der Waals surface area contributed by atoms with Crippen LogP contribution in [0.3, 0.4) is 0 Å². The lowest BCUT2D eigenvalue weighted by Gasteiger charge is -2.07. The Morgan fingerprint density at radius 2 is 2.43 bits per heavy atom. The van der Waals surface area contributed by atoms with Crippen molar-refractivity contribution in [1.82, 2.24) is 9.78 Å². The van der Waals surface area contributed by atoms with Crippen LogP contribution >= 0.6 is 0 Å². The van der Waals surface area contributed by atoms with Crippen LogP contribution in [0.5, 0.6) is 0 Å². The molecular formula is C9H14N2O3. The molecular weight excluding hydrogens is 184 g/mol. The number of rotatable bonds is 3. The van der Waals surface area contributed by atoms with Crippen molar-refractivity contribution in [1.29, 1.82) is 0 Å². The topological polar surface area (TPSA) is 64.3 Å². The molecule has 0 aliphatic heterocycles. The molecule has 0 saturated carbocycles. The van der Waals surface area contributed by atoms with Crippen molar-refractivity contribution < 1.29 is 14.6 Å². The number of nitrogens with zero attached hydrogens (tertiary/aromatic N) is 2. The molecule has 5 heteroatoms. The van der Waals surface area contributed by atoms with Crippen molar-refractivity contribution in [2.75, 3.05) is 7.11 Å². The number of aliphatic hydroxyl groups excluding tert-OH is 1.